The first-order valence-corrected chi connectivity index (χ1v) is 14.7. The highest BCUT2D eigenvalue weighted by atomic mass is 32.2. The number of rotatable bonds is 4. The Bertz CT molecular complexity index is 1260. The van der Waals surface area contributed by atoms with E-state index in [2.05, 4.69) is 0 Å². The van der Waals surface area contributed by atoms with E-state index in [9.17, 15) is 33.9 Å². The van der Waals surface area contributed by atoms with E-state index in [1.165, 1.54) is 13.0 Å². The second-order valence-electron chi connectivity index (χ2n) is 11.8. The predicted molar refractivity (Wildman–Crippen MR) is 146 cm³/mol. The van der Waals surface area contributed by atoms with Gasteiger partial charge in [0.25, 0.3) is 0 Å². The molecule has 0 aliphatic heterocycles. The van der Waals surface area contributed by atoms with Gasteiger partial charge in [-0.25, -0.2) is 0 Å². The molecule has 3 N–H and O–H groups in total. The summed E-state index contributed by atoms with van der Waals surface area (Å²) in [4.78, 5) is 38.7. The normalized spacial score (nSPS) is 40.2. The van der Waals surface area contributed by atoms with Gasteiger partial charge in [-0.05, 0) is 51.0 Å². The van der Waals surface area contributed by atoms with Crippen molar-refractivity contribution in [2.75, 3.05) is 5.75 Å². The number of hydrogen-bond acceptors (Lipinski definition) is 7. The molecule has 4 rings (SSSR count). The number of aliphatic hydroxyl groups excluding tert-OH is 2. The molecule has 0 radical (unpaired) electrons. The quantitative estimate of drug-likeness (QED) is 0.446. The van der Waals surface area contributed by atoms with Gasteiger partial charge in [0.15, 0.2) is 17.2 Å². The summed E-state index contributed by atoms with van der Waals surface area (Å²) < 4.78 is 13.6. The van der Waals surface area contributed by atoms with Crippen molar-refractivity contribution in [2.45, 2.75) is 77.6 Å². The topological polar surface area (TPSA) is 129 Å². The Kier molecular flexibility index (Phi) is 7.38. The molecule has 0 aromatic rings. The number of carbonyl (C=O) groups is 3. The highest BCUT2D eigenvalue weighted by Crippen LogP contribution is 2.65. The van der Waals surface area contributed by atoms with Crippen LogP contribution in [0.1, 0.15) is 66.7 Å². The lowest BCUT2D eigenvalue weighted by molar-refractivity contribution is -0.170. The summed E-state index contributed by atoms with van der Waals surface area (Å²) in [6.07, 6.45) is 11.3. The van der Waals surface area contributed by atoms with Crippen LogP contribution in [0.5, 0.6) is 0 Å². The van der Waals surface area contributed by atoms with Gasteiger partial charge in [-0.15, -0.1) is 0 Å². The van der Waals surface area contributed by atoms with Gasteiger partial charge in [0.05, 0.1) is 5.57 Å². The highest BCUT2D eigenvalue weighted by molar-refractivity contribution is 7.85. The summed E-state index contributed by atoms with van der Waals surface area (Å²) in [6.45, 7) is 8.33. The molecule has 4 aliphatic carbocycles. The zero-order chi connectivity index (χ0) is 28.2. The fraction of sp³-hybridized carbons (Fsp3) is 0.567. The Morgan fingerprint density at radius 1 is 1.13 bits per heavy atom. The third-order valence-electron chi connectivity index (χ3n) is 9.81. The minimum Gasteiger partial charge on any atom is -0.508 e. The fourth-order valence-electron chi connectivity index (χ4n) is 7.42. The summed E-state index contributed by atoms with van der Waals surface area (Å²) in [5, 5.41) is 35.3. The molecule has 38 heavy (non-hydrogen) atoms. The van der Waals surface area contributed by atoms with Crippen molar-refractivity contribution in [1.29, 1.82) is 0 Å². The number of carbonyl (C=O) groups excluding carboxylic acids is 3. The van der Waals surface area contributed by atoms with E-state index in [1.807, 2.05) is 19.9 Å². The molecule has 1 fully saturated rings. The Hall–Kier alpha value is -2.58. The second kappa shape index (κ2) is 9.87. The Labute approximate surface area is 226 Å². The summed E-state index contributed by atoms with van der Waals surface area (Å²) in [6, 6.07) is 0. The molecule has 4 aliphatic rings. The van der Waals surface area contributed by atoms with Crippen molar-refractivity contribution in [3.63, 3.8) is 0 Å². The van der Waals surface area contributed by atoms with Crippen molar-refractivity contribution in [1.82, 2.24) is 0 Å². The third kappa shape index (κ3) is 4.02. The van der Waals surface area contributed by atoms with E-state index >= 15 is 0 Å². The largest absolute Gasteiger partial charge is 0.508 e. The van der Waals surface area contributed by atoms with Gasteiger partial charge >= 0.3 is 0 Å². The van der Waals surface area contributed by atoms with Crippen LogP contribution in [0.3, 0.4) is 0 Å². The number of fused-ring (bicyclic) bond motifs is 2. The van der Waals surface area contributed by atoms with Crippen molar-refractivity contribution >= 4 is 28.1 Å². The van der Waals surface area contributed by atoms with Crippen LogP contribution >= 0.6 is 0 Å². The second-order valence-corrected chi connectivity index (χ2v) is 13.6. The first kappa shape index (κ1) is 28.4. The van der Waals surface area contributed by atoms with Crippen LogP contribution in [0.2, 0.25) is 0 Å². The molecule has 0 spiro atoms. The first-order chi connectivity index (χ1) is 17.7. The van der Waals surface area contributed by atoms with Gasteiger partial charge in [-0.2, -0.15) is 0 Å². The van der Waals surface area contributed by atoms with Crippen LogP contribution in [0.25, 0.3) is 0 Å². The molecule has 0 saturated heterocycles. The van der Waals surface area contributed by atoms with Crippen LogP contribution in [0.4, 0.5) is 0 Å². The third-order valence-corrected chi connectivity index (χ3v) is 11.7. The average molecular weight is 543 g/mol. The van der Waals surface area contributed by atoms with E-state index in [-0.39, 0.29) is 28.6 Å². The van der Waals surface area contributed by atoms with E-state index in [4.69, 9.17) is 0 Å². The van der Waals surface area contributed by atoms with Gasteiger partial charge in [-0.3, -0.25) is 18.6 Å². The number of allylic oxidation sites excluding steroid dienone is 7. The number of aliphatic hydroxyl groups is 3. The highest BCUT2D eigenvalue weighted by Gasteiger charge is 2.70. The molecule has 1 saturated carbocycles. The minimum absolute atomic E-state index is 0.0654. The SMILES string of the molecule is CC(=O)C1=C(C)C[C@@]2(C)[C@H](C)[C@]3(C)C(=C(O)[C@@]2(O)C1=O)/C(O)=C/C(=O)/C=C\C=C\[C@H]3CS(=O)C1CCCC1. The Morgan fingerprint density at radius 2 is 1.76 bits per heavy atom. The van der Waals surface area contributed by atoms with Crippen LogP contribution in [0.15, 0.2) is 58.6 Å². The molecular formula is C30H38O7S. The van der Waals surface area contributed by atoms with Crippen LogP contribution in [-0.4, -0.2) is 53.5 Å². The van der Waals surface area contributed by atoms with Gasteiger partial charge in [0.2, 0.25) is 5.78 Å². The van der Waals surface area contributed by atoms with Crippen LogP contribution in [-0.2, 0) is 25.2 Å². The maximum absolute atomic E-state index is 13.8. The standard InChI is InChI=1S/C30H38O7S/c1-17-15-28(4)19(3)29(5)20(16-38(37)22-12-8-9-13-22)10-6-7-11-21(32)14-23(33)25(29)27(35)30(28,36)26(34)24(17)18(2)31/h6-7,10-11,14,19-20,22,33,35-36H,8-9,12-13,15-16H2,1-5H3/b10-6+,11-7-,23-14-/t19-,20-,28-,29-,30-,38?/m0/s1. The van der Waals surface area contributed by atoms with Gasteiger partial charge in [0.1, 0.15) is 11.5 Å². The summed E-state index contributed by atoms with van der Waals surface area (Å²) in [5.41, 5.74) is -4.64. The lowest BCUT2D eigenvalue weighted by atomic mass is 9.43. The molecule has 206 valence electrons. The summed E-state index contributed by atoms with van der Waals surface area (Å²) in [7, 11) is -1.19. The van der Waals surface area contributed by atoms with E-state index in [0.717, 1.165) is 31.8 Å². The average Bonchev–Trinajstić information content (AvgIpc) is 3.37. The fourth-order valence-corrected chi connectivity index (χ4v) is 9.36. The van der Waals surface area contributed by atoms with E-state index < -0.39 is 67.9 Å². The van der Waals surface area contributed by atoms with Crippen LogP contribution in [0, 0.1) is 22.7 Å². The molecule has 0 amide bonds. The molecule has 8 heteroatoms. The number of hydrogen-bond donors (Lipinski definition) is 3. The molecular weight excluding hydrogens is 504 g/mol. The lowest BCUT2D eigenvalue weighted by Crippen LogP contribution is -2.67. The first-order valence-electron chi connectivity index (χ1n) is 13.3. The van der Waals surface area contributed by atoms with Crippen molar-refractivity contribution in [3.05, 3.63) is 58.6 Å². The molecule has 1 unspecified atom stereocenters. The zero-order valence-electron chi connectivity index (χ0n) is 22.7. The predicted octanol–water partition coefficient (Wildman–Crippen LogP) is 4.51. The van der Waals surface area contributed by atoms with Crippen LogP contribution < -0.4 is 0 Å². The van der Waals surface area contributed by atoms with Gasteiger partial charge < -0.3 is 15.3 Å². The summed E-state index contributed by atoms with van der Waals surface area (Å²) in [5.74, 6) is -4.06. The smallest absolute Gasteiger partial charge is 0.206 e. The number of Topliss-reactive ketones (excluding diaryl/α,β-unsaturated/α-hetero) is 2. The van der Waals surface area contributed by atoms with E-state index in [1.54, 1.807) is 26.0 Å². The lowest BCUT2D eigenvalue weighted by Gasteiger charge is -2.61. The maximum Gasteiger partial charge on any atom is 0.206 e. The molecule has 0 heterocycles. The molecule has 7 nitrogen and oxygen atoms in total. The molecule has 0 bridgehead atoms. The monoisotopic (exact) mass is 542 g/mol. The van der Waals surface area contributed by atoms with Crippen molar-refractivity contribution in [3.8, 4) is 0 Å². The van der Waals surface area contributed by atoms with Crippen molar-refractivity contribution in [2.24, 2.45) is 22.7 Å². The Balaban J connectivity index is 2.01. The molecule has 0 aromatic carbocycles. The van der Waals surface area contributed by atoms with Gasteiger partial charge in [-0.1, -0.05) is 57.4 Å². The number of ketones is 3. The summed E-state index contributed by atoms with van der Waals surface area (Å²) >= 11 is 0. The van der Waals surface area contributed by atoms with Gasteiger partial charge in [0, 0.05) is 44.3 Å². The zero-order valence-corrected chi connectivity index (χ0v) is 23.6. The Morgan fingerprint density at radius 3 is 2.37 bits per heavy atom. The molecule has 6 atom stereocenters. The maximum atomic E-state index is 13.8. The van der Waals surface area contributed by atoms with Crippen molar-refractivity contribution < 1.29 is 33.9 Å². The van der Waals surface area contributed by atoms with E-state index in [0.29, 0.717) is 5.57 Å². The molecule has 0 aromatic heterocycles. The minimum atomic E-state index is -2.49.